The number of nitrogens with one attached hydrogen (secondary N) is 1. The summed E-state index contributed by atoms with van der Waals surface area (Å²) in [7, 11) is 3.65. The van der Waals surface area contributed by atoms with Gasteiger partial charge in [-0.2, -0.15) is 0 Å². The molecule has 2 fully saturated rings. The molecule has 1 saturated heterocycles. The summed E-state index contributed by atoms with van der Waals surface area (Å²) in [6.45, 7) is 6.66. The normalized spacial score (nSPS) is 31.5. The number of rotatable bonds is 4. The van der Waals surface area contributed by atoms with Crippen molar-refractivity contribution in [2.24, 2.45) is 4.99 Å². The zero-order valence-electron chi connectivity index (χ0n) is 16.1. The summed E-state index contributed by atoms with van der Waals surface area (Å²) < 4.78 is 5.58. The van der Waals surface area contributed by atoms with Crippen LogP contribution in [-0.2, 0) is 5.41 Å². The largest absolute Gasteiger partial charge is 0.496 e. The maximum Gasteiger partial charge on any atom is 0.193 e. The van der Waals surface area contributed by atoms with E-state index in [9.17, 15) is 0 Å². The first-order chi connectivity index (χ1) is 12.7. The Morgan fingerprint density at radius 3 is 2.77 bits per heavy atom. The van der Waals surface area contributed by atoms with Crippen LogP contribution < -0.4 is 10.1 Å². The smallest absolute Gasteiger partial charge is 0.193 e. The van der Waals surface area contributed by atoms with Crippen molar-refractivity contribution in [1.82, 2.24) is 15.1 Å². The molecule has 1 aliphatic carbocycles. The highest BCUT2D eigenvalue weighted by atomic mass is 16.5. The number of methoxy groups -OCH3 is 1. The molecule has 2 heterocycles. The summed E-state index contributed by atoms with van der Waals surface area (Å²) in [4.78, 5) is 9.56. The van der Waals surface area contributed by atoms with Crippen molar-refractivity contribution in [3.05, 3.63) is 42.0 Å². The minimum absolute atomic E-state index is 0.112. The number of nitrogens with zero attached hydrogens (tertiary/aromatic N) is 3. The lowest BCUT2D eigenvalue weighted by Crippen LogP contribution is -2.44. The number of ether oxygens (including phenoxy) is 1. The van der Waals surface area contributed by atoms with E-state index in [-0.39, 0.29) is 5.41 Å². The van der Waals surface area contributed by atoms with Gasteiger partial charge >= 0.3 is 0 Å². The Morgan fingerprint density at radius 1 is 1.27 bits per heavy atom. The minimum Gasteiger partial charge on any atom is -0.496 e. The minimum atomic E-state index is 0.112. The molecule has 3 atom stereocenters. The summed E-state index contributed by atoms with van der Waals surface area (Å²) in [6.07, 6.45) is 6.88. The zero-order chi connectivity index (χ0) is 18.1. The van der Waals surface area contributed by atoms with Crippen LogP contribution in [0.2, 0.25) is 0 Å². The number of aliphatic imine (C=N–C) groups is 1. The molecular formula is C21H30N4O. The van der Waals surface area contributed by atoms with E-state index in [0.29, 0.717) is 12.1 Å². The van der Waals surface area contributed by atoms with Crippen molar-refractivity contribution in [2.45, 2.75) is 37.3 Å². The fraction of sp³-hybridized carbons (Fsp3) is 0.571. The van der Waals surface area contributed by atoms with Crippen LogP contribution in [0.25, 0.3) is 0 Å². The quantitative estimate of drug-likeness (QED) is 0.511. The molecule has 0 amide bonds. The summed E-state index contributed by atoms with van der Waals surface area (Å²) in [5, 5.41) is 3.72. The highest BCUT2D eigenvalue weighted by Gasteiger charge is 2.53. The van der Waals surface area contributed by atoms with Crippen LogP contribution in [0.4, 0.5) is 0 Å². The van der Waals surface area contributed by atoms with Gasteiger partial charge in [0.2, 0.25) is 0 Å². The van der Waals surface area contributed by atoms with Gasteiger partial charge in [0.25, 0.3) is 0 Å². The Morgan fingerprint density at radius 2 is 2.04 bits per heavy atom. The maximum absolute atomic E-state index is 5.58. The van der Waals surface area contributed by atoms with Gasteiger partial charge in [-0.3, -0.25) is 9.89 Å². The first-order valence-corrected chi connectivity index (χ1v) is 9.66. The average Bonchev–Trinajstić information content (AvgIpc) is 3.11. The molecule has 1 aromatic carbocycles. The molecule has 5 nitrogen and oxygen atoms in total. The lowest BCUT2D eigenvalue weighted by atomic mass is 9.96. The Balaban J connectivity index is 1.39. The molecule has 1 aromatic rings. The molecule has 1 saturated carbocycles. The number of hydrogen-bond donors (Lipinski definition) is 1. The number of likely N-dealkylation sites (tertiary alicyclic amines) is 1. The van der Waals surface area contributed by atoms with Crippen molar-refractivity contribution in [3.8, 4) is 5.75 Å². The maximum atomic E-state index is 5.58. The second-order valence-corrected chi connectivity index (χ2v) is 7.88. The van der Waals surface area contributed by atoms with E-state index in [4.69, 9.17) is 4.74 Å². The van der Waals surface area contributed by atoms with Crippen LogP contribution in [0.5, 0.6) is 5.75 Å². The van der Waals surface area contributed by atoms with E-state index in [1.165, 1.54) is 12.0 Å². The van der Waals surface area contributed by atoms with Crippen LogP contribution in [0.15, 0.2) is 41.4 Å². The average molecular weight is 354 g/mol. The number of para-hydroxylation sites is 1. The van der Waals surface area contributed by atoms with Crippen molar-refractivity contribution >= 4 is 5.96 Å². The summed E-state index contributed by atoms with van der Waals surface area (Å²) in [5.41, 5.74) is 1.40. The third-order valence-electron chi connectivity index (χ3n) is 6.30. The van der Waals surface area contributed by atoms with E-state index < -0.39 is 0 Å². The summed E-state index contributed by atoms with van der Waals surface area (Å²) >= 11 is 0. The fourth-order valence-corrected chi connectivity index (χ4v) is 4.47. The van der Waals surface area contributed by atoms with Gasteiger partial charge in [-0.25, -0.2) is 0 Å². The first-order valence-electron chi connectivity index (χ1n) is 9.66. The van der Waals surface area contributed by atoms with Crippen LogP contribution in [0.3, 0.4) is 0 Å². The van der Waals surface area contributed by atoms with Gasteiger partial charge in [0.05, 0.1) is 7.11 Å². The lowest BCUT2D eigenvalue weighted by Gasteiger charge is -2.26. The van der Waals surface area contributed by atoms with E-state index in [1.807, 2.05) is 13.1 Å². The predicted molar refractivity (Wildman–Crippen MR) is 106 cm³/mol. The van der Waals surface area contributed by atoms with Crippen LogP contribution in [0, 0.1) is 0 Å². The molecule has 3 unspecified atom stereocenters. The lowest BCUT2D eigenvalue weighted by molar-refractivity contribution is 0.259. The Hall–Kier alpha value is -2.01. The van der Waals surface area contributed by atoms with Gasteiger partial charge in [-0.05, 0) is 18.9 Å². The van der Waals surface area contributed by atoms with E-state index in [1.54, 1.807) is 7.11 Å². The monoisotopic (exact) mass is 354 g/mol. The summed E-state index contributed by atoms with van der Waals surface area (Å²) in [6, 6.07) is 9.43. The van der Waals surface area contributed by atoms with Gasteiger partial charge in [0.1, 0.15) is 5.75 Å². The highest BCUT2D eigenvalue weighted by Crippen LogP contribution is 2.51. The third-order valence-corrected chi connectivity index (χ3v) is 6.30. The SMILES string of the molecule is CN=C(NC1CC1(C)c1ccccc1OC)N1CCC(N2CC=CC2)C1. The molecule has 3 aliphatic rings. The number of guanidine groups is 1. The van der Waals surface area contributed by atoms with Gasteiger partial charge < -0.3 is 15.0 Å². The first kappa shape index (κ1) is 17.4. The van der Waals surface area contributed by atoms with Crippen LogP contribution >= 0.6 is 0 Å². The van der Waals surface area contributed by atoms with Crippen LogP contribution in [-0.4, -0.2) is 68.2 Å². The molecule has 5 heteroatoms. The number of hydrogen-bond acceptors (Lipinski definition) is 3. The molecule has 0 radical (unpaired) electrons. The molecule has 0 spiro atoms. The highest BCUT2D eigenvalue weighted by molar-refractivity contribution is 5.81. The second-order valence-electron chi connectivity index (χ2n) is 7.88. The topological polar surface area (TPSA) is 40.1 Å². The molecule has 140 valence electrons. The van der Waals surface area contributed by atoms with Crippen molar-refractivity contribution in [1.29, 1.82) is 0 Å². The van der Waals surface area contributed by atoms with E-state index in [2.05, 4.69) is 57.4 Å². The zero-order valence-corrected chi connectivity index (χ0v) is 16.1. The van der Waals surface area contributed by atoms with Crippen molar-refractivity contribution in [3.63, 3.8) is 0 Å². The molecule has 0 aromatic heterocycles. The van der Waals surface area contributed by atoms with Crippen molar-refractivity contribution < 1.29 is 4.74 Å². The van der Waals surface area contributed by atoms with Gasteiger partial charge in [-0.15, -0.1) is 0 Å². The molecule has 0 bridgehead atoms. The summed E-state index contributed by atoms with van der Waals surface area (Å²) in [5.74, 6) is 2.03. The second kappa shape index (κ2) is 6.95. The third kappa shape index (κ3) is 3.09. The molecule has 26 heavy (non-hydrogen) atoms. The number of benzene rings is 1. The van der Waals surface area contributed by atoms with Crippen LogP contribution in [0.1, 0.15) is 25.3 Å². The standard InChI is InChI=1S/C21H30N4O/c1-21(17-8-4-5-9-18(17)26-3)14-19(21)23-20(22-2)25-13-10-16(15-25)24-11-6-7-12-24/h4-9,16,19H,10-15H2,1-3H3,(H,22,23). The Labute approximate surface area is 156 Å². The Bertz CT molecular complexity index is 708. The van der Waals surface area contributed by atoms with E-state index >= 15 is 0 Å². The molecule has 4 rings (SSSR count). The van der Waals surface area contributed by atoms with Gasteiger partial charge in [0, 0.05) is 56.3 Å². The van der Waals surface area contributed by atoms with Crippen molar-refractivity contribution in [2.75, 3.05) is 40.3 Å². The molecule has 1 N–H and O–H groups in total. The Kier molecular flexibility index (Phi) is 4.65. The fourth-order valence-electron chi connectivity index (χ4n) is 4.47. The predicted octanol–water partition coefficient (Wildman–Crippen LogP) is 2.25. The van der Waals surface area contributed by atoms with Gasteiger partial charge in [-0.1, -0.05) is 37.3 Å². The molecule has 2 aliphatic heterocycles. The van der Waals surface area contributed by atoms with E-state index in [0.717, 1.165) is 44.3 Å². The van der Waals surface area contributed by atoms with Gasteiger partial charge in [0.15, 0.2) is 5.96 Å². The molecular weight excluding hydrogens is 324 g/mol.